The summed E-state index contributed by atoms with van der Waals surface area (Å²) in [5.74, 6) is 0.890. The minimum absolute atomic E-state index is 0.233. The zero-order valence-corrected chi connectivity index (χ0v) is 11.8. The summed E-state index contributed by atoms with van der Waals surface area (Å²) in [6.07, 6.45) is 5.65. The lowest BCUT2D eigenvalue weighted by Crippen LogP contribution is -2.40. The van der Waals surface area contributed by atoms with Crippen molar-refractivity contribution in [3.05, 3.63) is 0 Å². The van der Waals surface area contributed by atoms with Crippen LogP contribution in [-0.4, -0.2) is 34.1 Å². The number of aromatic nitrogens is 3. The normalized spacial score (nSPS) is 19.5. The predicted octanol–water partition coefficient (Wildman–Crippen LogP) is 2.01. The van der Waals surface area contributed by atoms with Crippen LogP contribution in [0, 0.1) is 0 Å². The molecule has 6 nitrogen and oxygen atoms in total. The smallest absolute Gasteiger partial charge is 0.323 e. The van der Waals surface area contributed by atoms with Crippen LogP contribution in [0.25, 0.3) is 0 Å². The molecule has 1 aromatic heterocycles. The molecule has 106 valence electrons. The highest BCUT2D eigenvalue weighted by molar-refractivity contribution is 5.37. The third kappa shape index (κ3) is 3.45. The summed E-state index contributed by atoms with van der Waals surface area (Å²) in [5, 5.41) is 0. The maximum Gasteiger partial charge on any atom is 0.323 e. The molecular formula is C13H23N5O. The van der Waals surface area contributed by atoms with Gasteiger partial charge in [0.15, 0.2) is 0 Å². The number of piperidine rings is 1. The Morgan fingerprint density at radius 2 is 2.11 bits per heavy atom. The topological polar surface area (TPSA) is 77.2 Å². The summed E-state index contributed by atoms with van der Waals surface area (Å²) in [7, 11) is 0. The monoisotopic (exact) mass is 265 g/mol. The van der Waals surface area contributed by atoms with Gasteiger partial charge < -0.3 is 15.4 Å². The first-order valence-electron chi connectivity index (χ1n) is 7.15. The van der Waals surface area contributed by atoms with Gasteiger partial charge in [-0.15, -0.1) is 0 Å². The van der Waals surface area contributed by atoms with Crippen molar-refractivity contribution in [2.24, 2.45) is 0 Å². The molecule has 1 aliphatic rings. The Balaban J connectivity index is 2.19. The number of anilines is 2. The molecule has 0 saturated carbocycles. The molecule has 1 aromatic rings. The van der Waals surface area contributed by atoms with Crippen LogP contribution in [-0.2, 0) is 0 Å². The van der Waals surface area contributed by atoms with Crippen LogP contribution in [0.4, 0.5) is 11.9 Å². The fourth-order valence-electron chi connectivity index (χ4n) is 2.44. The van der Waals surface area contributed by atoms with Gasteiger partial charge in [0, 0.05) is 12.6 Å². The average Bonchev–Trinajstić information content (AvgIpc) is 2.44. The van der Waals surface area contributed by atoms with Crippen molar-refractivity contribution in [1.82, 2.24) is 15.0 Å². The molecule has 0 spiro atoms. The van der Waals surface area contributed by atoms with Gasteiger partial charge in [0.1, 0.15) is 0 Å². The Kier molecular flexibility index (Phi) is 4.76. The predicted molar refractivity (Wildman–Crippen MR) is 75.3 cm³/mol. The van der Waals surface area contributed by atoms with E-state index in [-0.39, 0.29) is 5.95 Å². The largest absolute Gasteiger partial charge is 0.463 e. The van der Waals surface area contributed by atoms with Gasteiger partial charge in [-0.25, -0.2) is 0 Å². The molecule has 0 bridgehead atoms. The van der Waals surface area contributed by atoms with E-state index in [1.807, 2.05) is 6.92 Å². The highest BCUT2D eigenvalue weighted by atomic mass is 16.5. The second kappa shape index (κ2) is 6.54. The van der Waals surface area contributed by atoms with Gasteiger partial charge in [-0.2, -0.15) is 15.0 Å². The number of hydrogen-bond donors (Lipinski definition) is 1. The molecule has 2 N–H and O–H groups in total. The van der Waals surface area contributed by atoms with E-state index in [1.165, 1.54) is 19.3 Å². The number of nitrogen functional groups attached to an aromatic ring is 1. The summed E-state index contributed by atoms with van der Waals surface area (Å²) in [4.78, 5) is 14.9. The lowest BCUT2D eigenvalue weighted by molar-refractivity contribution is 0.291. The molecule has 0 radical (unpaired) electrons. The molecule has 1 aliphatic heterocycles. The first-order chi connectivity index (χ1) is 9.24. The number of nitrogens with zero attached hydrogens (tertiary/aromatic N) is 4. The highest BCUT2D eigenvalue weighted by Crippen LogP contribution is 2.25. The van der Waals surface area contributed by atoms with Gasteiger partial charge in [0.25, 0.3) is 0 Å². The molecule has 6 heteroatoms. The molecular weight excluding hydrogens is 242 g/mol. The molecule has 0 amide bonds. The van der Waals surface area contributed by atoms with Crippen molar-refractivity contribution in [2.75, 3.05) is 23.8 Å². The lowest BCUT2D eigenvalue weighted by Gasteiger charge is -2.35. The summed E-state index contributed by atoms with van der Waals surface area (Å²) in [6.45, 7) is 5.82. The van der Waals surface area contributed by atoms with Gasteiger partial charge in [-0.3, -0.25) is 0 Å². The quantitative estimate of drug-likeness (QED) is 0.877. The SMILES string of the molecule is CCCOc1nc(N)nc(N2CCCCC2CC)n1. The van der Waals surface area contributed by atoms with E-state index in [2.05, 4.69) is 26.8 Å². The summed E-state index contributed by atoms with van der Waals surface area (Å²) in [6, 6.07) is 0.833. The van der Waals surface area contributed by atoms with Crippen molar-refractivity contribution >= 4 is 11.9 Å². The molecule has 1 saturated heterocycles. The number of ether oxygens (including phenoxy) is 1. The second-order valence-corrected chi connectivity index (χ2v) is 4.88. The fraction of sp³-hybridized carbons (Fsp3) is 0.769. The third-order valence-corrected chi connectivity index (χ3v) is 3.41. The van der Waals surface area contributed by atoms with Crippen molar-refractivity contribution < 1.29 is 4.74 Å². The lowest BCUT2D eigenvalue weighted by atomic mass is 10.0. The van der Waals surface area contributed by atoms with Crippen molar-refractivity contribution in [3.8, 4) is 6.01 Å². The minimum atomic E-state index is 0.233. The van der Waals surface area contributed by atoms with Crippen LogP contribution in [0.5, 0.6) is 6.01 Å². The number of hydrogen-bond acceptors (Lipinski definition) is 6. The van der Waals surface area contributed by atoms with Crippen LogP contribution in [0.3, 0.4) is 0 Å². The summed E-state index contributed by atoms with van der Waals surface area (Å²) >= 11 is 0. The van der Waals surface area contributed by atoms with Gasteiger partial charge in [0.05, 0.1) is 6.61 Å². The van der Waals surface area contributed by atoms with E-state index in [0.717, 1.165) is 19.4 Å². The second-order valence-electron chi connectivity index (χ2n) is 4.88. The highest BCUT2D eigenvalue weighted by Gasteiger charge is 2.24. The van der Waals surface area contributed by atoms with E-state index in [1.54, 1.807) is 0 Å². The van der Waals surface area contributed by atoms with E-state index < -0.39 is 0 Å². The van der Waals surface area contributed by atoms with E-state index >= 15 is 0 Å². The zero-order chi connectivity index (χ0) is 13.7. The van der Waals surface area contributed by atoms with Gasteiger partial charge in [-0.1, -0.05) is 13.8 Å². The van der Waals surface area contributed by atoms with Gasteiger partial charge in [0.2, 0.25) is 11.9 Å². The Morgan fingerprint density at radius 3 is 2.84 bits per heavy atom. The van der Waals surface area contributed by atoms with E-state index in [0.29, 0.717) is 24.6 Å². The molecule has 1 unspecified atom stereocenters. The molecule has 0 aliphatic carbocycles. The number of rotatable bonds is 5. The maximum atomic E-state index is 5.76. The van der Waals surface area contributed by atoms with Crippen molar-refractivity contribution in [2.45, 2.75) is 52.0 Å². The zero-order valence-electron chi connectivity index (χ0n) is 11.8. The minimum Gasteiger partial charge on any atom is -0.463 e. The first-order valence-corrected chi connectivity index (χ1v) is 7.15. The van der Waals surface area contributed by atoms with Crippen LogP contribution in [0.1, 0.15) is 46.0 Å². The molecule has 0 aromatic carbocycles. The van der Waals surface area contributed by atoms with E-state index in [9.17, 15) is 0 Å². The molecule has 1 atom stereocenters. The third-order valence-electron chi connectivity index (χ3n) is 3.41. The Hall–Kier alpha value is -1.59. The standard InChI is InChI=1S/C13H23N5O/c1-3-9-19-13-16-11(14)15-12(17-13)18-8-6-5-7-10(18)4-2/h10H,3-9H2,1-2H3,(H2,14,15,16,17). The van der Waals surface area contributed by atoms with Crippen molar-refractivity contribution in [1.29, 1.82) is 0 Å². The molecule has 2 heterocycles. The summed E-state index contributed by atoms with van der Waals surface area (Å²) < 4.78 is 5.47. The van der Waals surface area contributed by atoms with Crippen LogP contribution in [0.2, 0.25) is 0 Å². The first kappa shape index (κ1) is 13.8. The number of nitrogens with two attached hydrogens (primary N) is 1. The molecule has 19 heavy (non-hydrogen) atoms. The summed E-state index contributed by atoms with van der Waals surface area (Å²) in [5.41, 5.74) is 5.76. The fourth-order valence-corrected chi connectivity index (χ4v) is 2.44. The van der Waals surface area contributed by atoms with Crippen molar-refractivity contribution in [3.63, 3.8) is 0 Å². The van der Waals surface area contributed by atoms with E-state index in [4.69, 9.17) is 10.5 Å². The van der Waals surface area contributed by atoms with Gasteiger partial charge >= 0.3 is 6.01 Å². The Labute approximate surface area is 114 Å². The van der Waals surface area contributed by atoms with Crippen LogP contribution in [0.15, 0.2) is 0 Å². The average molecular weight is 265 g/mol. The Bertz CT molecular complexity index is 412. The van der Waals surface area contributed by atoms with Crippen LogP contribution < -0.4 is 15.4 Å². The molecule has 2 rings (SSSR count). The Morgan fingerprint density at radius 1 is 1.26 bits per heavy atom. The van der Waals surface area contributed by atoms with Gasteiger partial charge in [-0.05, 0) is 32.1 Å². The van der Waals surface area contributed by atoms with Crippen LogP contribution >= 0.6 is 0 Å². The molecule has 1 fully saturated rings. The maximum absolute atomic E-state index is 5.76.